The van der Waals surface area contributed by atoms with Gasteiger partial charge in [0.05, 0.1) is 4.90 Å². The predicted octanol–water partition coefficient (Wildman–Crippen LogP) is 1.85. The van der Waals surface area contributed by atoms with Crippen molar-refractivity contribution in [1.29, 1.82) is 0 Å². The van der Waals surface area contributed by atoms with E-state index < -0.39 is 10.0 Å². The Hall–Kier alpha value is -1.93. The Kier molecular flexibility index (Phi) is 4.24. The lowest BCUT2D eigenvalue weighted by atomic mass is 10.1. The highest BCUT2D eigenvalue weighted by Gasteiger charge is 2.33. The first kappa shape index (κ1) is 16.5. The van der Waals surface area contributed by atoms with E-state index in [0.717, 1.165) is 25.7 Å². The highest BCUT2D eigenvalue weighted by Crippen LogP contribution is 2.28. The maximum atomic E-state index is 12.8. The van der Waals surface area contributed by atoms with Gasteiger partial charge in [-0.15, -0.1) is 0 Å². The van der Waals surface area contributed by atoms with Crippen LogP contribution in [-0.4, -0.2) is 54.7 Å². The summed E-state index contributed by atoms with van der Waals surface area (Å²) in [7, 11) is -3.59. The molecule has 2 aliphatic rings. The van der Waals surface area contributed by atoms with Crippen LogP contribution < -0.4 is 0 Å². The number of benzene rings is 1. The summed E-state index contributed by atoms with van der Waals surface area (Å²) in [4.78, 5) is 18.5. The molecule has 1 aromatic heterocycles. The van der Waals surface area contributed by atoms with Crippen LogP contribution in [-0.2, 0) is 14.8 Å². The molecular weight excluding hydrogens is 342 g/mol. The Balaban J connectivity index is 1.46. The van der Waals surface area contributed by atoms with Crippen LogP contribution in [0, 0.1) is 5.92 Å². The fraction of sp³-hybridized carbons (Fsp3) is 0.529. The van der Waals surface area contributed by atoms with Crippen LogP contribution in [0.5, 0.6) is 0 Å². The number of nitrogens with zero attached hydrogens (tertiary/aromatic N) is 3. The van der Waals surface area contributed by atoms with Crippen molar-refractivity contribution in [2.24, 2.45) is 5.92 Å². The maximum absolute atomic E-state index is 12.8. The van der Waals surface area contributed by atoms with E-state index in [4.69, 9.17) is 4.42 Å². The Morgan fingerprint density at radius 1 is 1.12 bits per heavy atom. The summed E-state index contributed by atoms with van der Waals surface area (Å²) in [5.41, 5.74) is 1.09. The van der Waals surface area contributed by atoms with Gasteiger partial charge in [0.2, 0.25) is 15.9 Å². The molecule has 2 fully saturated rings. The van der Waals surface area contributed by atoms with E-state index in [1.807, 2.05) is 4.90 Å². The van der Waals surface area contributed by atoms with Gasteiger partial charge in [0.1, 0.15) is 5.52 Å². The van der Waals surface area contributed by atoms with Crippen LogP contribution in [0.3, 0.4) is 0 Å². The highest BCUT2D eigenvalue weighted by atomic mass is 32.2. The van der Waals surface area contributed by atoms with Crippen LogP contribution in [0.4, 0.5) is 0 Å². The van der Waals surface area contributed by atoms with Crippen molar-refractivity contribution in [2.75, 3.05) is 26.2 Å². The molecule has 0 atom stereocenters. The zero-order valence-corrected chi connectivity index (χ0v) is 14.7. The molecule has 0 unspecified atom stereocenters. The van der Waals surface area contributed by atoms with Gasteiger partial charge in [-0.3, -0.25) is 4.79 Å². The first-order chi connectivity index (χ1) is 12.1. The molecule has 1 amide bonds. The second kappa shape index (κ2) is 6.42. The van der Waals surface area contributed by atoms with E-state index in [1.165, 1.54) is 16.8 Å². The number of carbonyl (C=O) groups excluding carboxylic acids is 1. The third kappa shape index (κ3) is 3.04. The highest BCUT2D eigenvalue weighted by molar-refractivity contribution is 7.89. The van der Waals surface area contributed by atoms with Gasteiger partial charge in [0.15, 0.2) is 12.0 Å². The molecule has 4 rings (SSSR count). The first-order valence-electron chi connectivity index (χ1n) is 8.68. The molecule has 25 heavy (non-hydrogen) atoms. The standard InChI is InChI=1S/C17H21N3O4S/c21-17(13-3-1-2-4-13)19-7-9-20(10-8-19)25(22,23)14-5-6-15-16(11-14)24-12-18-15/h5-6,11-13H,1-4,7-10H2. The molecule has 1 aliphatic heterocycles. The van der Waals surface area contributed by atoms with Crippen LogP contribution in [0.25, 0.3) is 11.1 Å². The quantitative estimate of drug-likeness (QED) is 0.831. The maximum Gasteiger partial charge on any atom is 0.243 e. The van der Waals surface area contributed by atoms with E-state index in [-0.39, 0.29) is 16.7 Å². The van der Waals surface area contributed by atoms with Crippen molar-refractivity contribution in [3.63, 3.8) is 0 Å². The Labute approximate surface area is 146 Å². The average Bonchev–Trinajstić information content (AvgIpc) is 3.32. The lowest BCUT2D eigenvalue weighted by Crippen LogP contribution is -2.51. The molecule has 0 N–H and O–H groups in total. The fourth-order valence-corrected chi connectivity index (χ4v) is 5.16. The van der Waals surface area contributed by atoms with Crippen molar-refractivity contribution < 1.29 is 17.6 Å². The van der Waals surface area contributed by atoms with E-state index in [0.29, 0.717) is 37.3 Å². The molecule has 2 aromatic rings. The summed E-state index contributed by atoms with van der Waals surface area (Å²) in [5, 5.41) is 0. The number of hydrogen-bond acceptors (Lipinski definition) is 5. The Morgan fingerprint density at radius 2 is 1.84 bits per heavy atom. The number of fused-ring (bicyclic) bond motifs is 1. The predicted molar refractivity (Wildman–Crippen MR) is 91.3 cm³/mol. The average molecular weight is 363 g/mol. The molecule has 7 nitrogen and oxygen atoms in total. The van der Waals surface area contributed by atoms with Crippen LogP contribution in [0.2, 0.25) is 0 Å². The van der Waals surface area contributed by atoms with E-state index in [2.05, 4.69) is 4.98 Å². The summed E-state index contributed by atoms with van der Waals surface area (Å²) in [6, 6.07) is 4.70. The number of carbonyl (C=O) groups is 1. The van der Waals surface area contributed by atoms with Crippen molar-refractivity contribution in [3.05, 3.63) is 24.6 Å². The molecule has 0 radical (unpaired) electrons. The van der Waals surface area contributed by atoms with Gasteiger partial charge in [-0.25, -0.2) is 13.4 Å². The van der Waals surface area contributed by atoms with Gasteiger partial charge < -0.3 is 9.32 Å². The summed E-state index contributed by atoms with van der Waals surface area (Å²) < 4.78 is 32.3. The molecule has 0 bridgehead atoms. The SMILES string of the molecule is O=C(C1CCCC1)N1CCN(S(=O)(=O)c2ccc3ncoc3c2)CC1. The summed E-state index contributed by atoms with van der Waals surface area (Å²) in [6.07, 6.45) is 5.47. The van der Waals surface area contributed by atoms with E-state index in [9.17, 15) is 13.2 Å². The number of aromatic nitrogens is 1. The van der Waals surface area contributed by atoms with Crippen LogP contribution >= 0.6 is 0 Å². The number of amides is 1. The van der Waals surface area contributed by atoms with Crippen molar-refractivity contribution in [3.8, 4) is 0 Å². The molecule has 1 saturated heterocycles. The second-order valence-electron chi connectivity index (χ2n) is 6.69. The number of piperazine rings is 1. The molecular formula is C17H21N3O4S. The summed E-state index contributed by atoms with van der Waals surface area (Å²) >= 11 is 0. The van der Waals surface area contributed by atoms with Crippen LogP contribution in [0.1, 0.15) is 25.7 Å². The summed E-state index contributed by atoms with van der Waals surface area (Å²) in [5.74, 6) is 0.328. The lowest BCUT2D eigenvalue weighted by Gasteiger charge is -2.35. The van der Waals surface area contributed by atoms with E-state index >= 15 is 0 Å². The molecule has 8 heteroatoms. The number of oxazole rings is 1. The second-order valence-corrected chi connectivity index (χ2v) is 8.63. The normalized spacial score (nSPS) is 20.4. The monoisotopic (exact) mass is 363 g/mol. The minimum absolute atomic E-state index is 0.136. The van der Waals surface area contributed by atoms with Gasteiger partial charge in [-0.1, -0.05) is 12.8 Å². The van der Waals surface area contributed by atoms with Gasteiger partial charge in [0.25, 0.3) is 0 Å². The fourth-order valence-electron chi connectivity index (χ4n) is 3.72. The van der Waals surface area contributed by atoms with Gasteiger partial charge in [0, 0.05) is 38.2 Å². The number of rotatable bonds is 3. The zero-order chi connectivity index (χ0) is 17.4. The molecule has 1 saturated carbocycles. The number of hydrogen-bond donors (Lipinski definition) is 0. The number of sulfonamides is 1. The van der Waals surface area contributed by atoms with Gasteiger partial charge >= 0.3 is 0 Å². The Morgan fingerprint density at radius 3 is 2.56 bits per heavy atom. The molecule has 1 aliphatic carbocycles. The molecule has 2 heterocycles. The summed E-state index contributed by atoms with van der Waals surface area (Å²) in [6.45, 7) is 1.57. The molecule has 134 valence electrons. The van der Waals surface area contributed by atoms with E-state index in [1.54, 1.807) is 12.1 Å². The minimum atomic E-state index is -3.59. The van der Waals surface area contributed by atoms with Crippen molar-refractivity contribution in [2.45, 2.75) is 30.6 Å². The molecule has 0 spiro atoms. The smallest absolute Gasteiger partial charge is 0.243 e. The molecule has 1 aromatic carbocycles. The lowest BCUT2D eigenvalue weighted by molar-refractivity contribution is -0.136. The first-order valence-corrected chi connectivity index (χ1v) is 10.1. The van der Waals surface area contributed by atoms with Crippen molar-refractivity contribution >= 4 is 27.0 Å². The Bertz CT molecular complexity index is 878. The third-order valence-corrected chi connectivity index (χ3v) is 7.09. The third-order valence-electron chi connectivity index (χ3n) is 5.20. The van der Waals surface area contributed by atoms with Crippen LogP contribution in [0.15, 0.2) is 33.9 Å². The zero-order valence-electron chi connectivity index (χ0n) is 13.9. The van der Waals surface area contributed by atoms with Gasteiger partial charge in [-0.05, 0) is 25.0 Å². The largest absolute Gasteiger partial charge is 0.443 e. The minimum Gasteiger partial charge on any atom is -0.443 e. The topological polar surface area (TPSA) is 83.7 Å². The van der Waals surface area contributed by atoms with Crippen molar-refractivity contribution in [1.82, 2.24) is 14.2 Å². The van der Waals surface area contributed by atoms with Gasteiger partial charge in [-0.2, -0.15) is 4.31 Å².